The fraction of sp³-hybridized carbons (Fsp3) is 0.739. The Kier molecular flexibility index (Phi) is 6.34. The van der Waals surface area contributed by atoms with Crippen molar-refractivity contribution in [2.24, 2.45) is 0 Å². The Labute approximate surface area is 184 Å². The minimum Gasteiger partial charge on any atom is -0.351 e. The van der Waals surface area contributed by atoms with Crippen LogP contribution in [0.25, 0.3) is 0 Å². The van der Waals surface area contributed by atoms with Gasteiger partial charge >= 0.3 is 0 Å². The lowest BCUT2D eigenvalue weighted by Gasteiger charge is -2.41. The number of nitrogens with zero attached hydrogens (tertiary/aromatic N) is 3. The number of carbonyl (C=O) groups excluding carboxylic acids is 3. The third-order valence-electron chi connectivity index (χ3n) is 7.35. The number of hydrogen-bond acceptors (Lipinski definition) is 4. The van der Waals surface area contributed by atoms with Gasteiger partial charge in [-0.05, 0) is 32.6 Å². The van der Waals surface area contributed by atoms with E-state index in [4.69, 9.17) is 0 Å². The second-order valence-electron chi connectivity index (χ2n) is 9.68. The van der Waals surface area contributed by atoms with Gasteiger partial charge in [0.25, 0.3) is 11.8 Å². The van der Waals surface area contributed by atoms with Gasteiger partial charge in [0.1, 0.15) is 11.2 Å². The van der Waals surface area contributed by atoms with Crippen molar-refractivity contribution in [1.82, 2.24) is 25.3 Å². The second-order valence-corrected chi connectivity index (χ2v) is 9.68. The smallest absolute Gasteiger partial charge is 0.272 e. The molecule has 0 bridgehead atoms. The highest BCUT2D eigenvalue weighted by molar-refractivity contribution is 6.01. The molecule has 8 nitrogen and oxygen atoms in total. The van der Waals surface area contributed by atoms with Crippen LogP contribution in [-0.2, 0) is 11.3 Å². The van der Waals surface area contributed by atoms with Crippen molar-refractivity contribution in [2.45, 2.75) is 102 Å². The molecule has 2 N–H and O–H groups in total. The van der Waals surface area contributed by atoms with Gasteiger partial charge in [0.15, 0.2) is 5.69 Å². The van der Waals surface area contributed by atoms with Crippen LogP contribution in [0.1, 0.15) is 98.5 Å². The molecule has 1 aliphatic heterocycles. The summed E-state index contributed by atoms with van der Waals surface area (Å²) < 4.78 is 1.53. The van der Waals surface area contributed by atoms with Crippen molar-refractivity contribution in [3.63, 3.8) is 0 Å². The number of rotatable bonds is 4. The normalized spacial score (nSPS) is 25.6. The van der Waals surface area contributed by atoms with Crippen LogP contribution >= 0.6 is 0 Å². The molecular formula is C23H35N5O3. The average molecular weight is 430 g/mol. The Bertz CT molecular complexity index is 836. The Hall–Kier alpha value is -2.38. The maximum Gasteiger partial charge on any atom is 0.272 e. The summed E-state index contributed by atoms with van der Waals surface area (Å²) in [5.74, 6) is -0.674. The summed E-state index contributed by atoms with van der Waals surface area (Å²) in [5.41, 5.74) is -0.439. The van der Waals surface area contributed by atoms with Crippen LogP contribution in [0.5, 0.6) is 0 Å². The van der Waals surface area contributed by atoms with Crippen molar-refractivity contribution in [3.05, 3.63) is 17.5 Å². The molecule has 2 aliphatic carbocycles. The van der Waals surface area contributed by atoms with E-state index in [0.717, 1.165) is 51.4 Å². The van der Waals surface area contributed by atoms with E-state index in [9.17, 15) is 14.4 Å². The fourth-order valence-corrected chi connectivity index (χ4v) is 5.11. The van der Waals surface area contributed by atoms with Crippen LogP contribution in [0.3, 0.4) is 0 Å². The summed E-state index contributed by atoms with van der Waals surface area (Å²) in [6, 6.07) is 1.89. The van der Waals surface area contributed by atoms with Crippen LogP contribution in [0.4, 0.5) is 0 Å². The highest BCUT2D eigenvalue weighted by atomic mass is 16.2. The number of hydrogen-bond donors (Lipinski definition) is 2. The zero-order valence-electron chi connectivity index (χ0n) is 18.8. The van der Waals surface area contributed by atoms with Crippen LogP contribution in [0, 0.1) is 0 Å². The van der Waals surface area contributed by atoms with Gasteiger partial charge in [0.05, 0.1) is 6.54 Å². The van der Waals surface area contributed by atoms with Crippen molar-refractivity contribution in [3.8, 4) is 0 Å². The lowest BCUT2D eigenvalue weighted by Crippen LogP contribution is -2.63. The minimum atomic E-state index is -1.04. The molecule has 1 aromatic heterocycles. The summed E-state index contributed by atoms with van der Waals surface area (Å²) in [5, 5.41) is 10.7. The highest BCUT2D eigenvalue weighted by Crippen LogP contribution is 2.27. The van der Waals surface area contributed by atoms with E-state index in [-0.39, 0.29) is 42.0 Å². The van der Waals surface area contributed by atoms with Crippen LogP contribution in [0.2, 0.25) is 0 Å². The minimum absolute atomic E-state index is 0.149. The van der Waals surface area contributed by atoms with Crippen molar-refractivity contribution < 1.29 is 14.4 Å². The van der Waals surface area contributed by atoms with Gasteiger partial charge in [-0.15, -0.1) is 0 Å². The van der Waals surface area contributed by atoms with E-state index in [1.165, 1.54) is 28.8 Å². The van der Waals surface area contributed by atoms with E-state index in [1.807, 2.05) is 0 Å². The molecule has 3 aliphatic rings. The molecular weight excluding hydrogens is 394 g/mol. The highest BCUT2D eigenvalue weighted by Gasteiger charge is 2.46. The molecule has 2 saturated carbocycles. The molecule has 0 spiro atoms. The zero-order chi connectivity index (χ0) is 22.0. The first-order chi connectivity index (χ1) is 14.9. The largest absolute Gasteiger partial charge is 0.351 e. The van der Waals surface area contributed by atoms with E-state index < -0.39 is 5.54 Å². The third kappa shape index (κ3) is 4.48. The fourth-order valence-electron chi connectivity index (χ4n) is 5.11. The zero-order valence-corrected chi connectivity index (χ0v) is 18.8. The predicted molar refractivity (Wildman–Crippen MR) is 117 cm³/mol. The molecule has 0 radical (unpaired) electrons. The van der Waals surface area contributed by atoms with E-state index in [2.05, 4.69) is 15.7 Å². The molecule has 2 fully saturated rings. The molecule has 0 aromatic carbocycles. The molecule has 2 heterocycles. The molecule has 1 unspecified atom stereocenters. The van der Waals surface area contributed by atoms with E-state index in [1.54, 1.807) is 20.0 Å². The molecule has 1 aromatic rings. The molecule has 4 rings (SSSR count). The second kappa shape index (κ2) is 9.01. The number of amides is 3. The Morgan fingerprint density at radius 3 is 2.13 bits per heavy atom. The van der Waals surface area contributed by atoms with Crippen molar-refractivity contribution in [1.29, 1.82) is 0 Å². The molecule has 170 valence electrons. The van der Waals surface area contributed by atoms with Crippen molar-refractivity contribution in [2.75, 3.05) is 7.05 Å². The maximum absolute atomic E-state index is 13.2. The maximum atomic E-state index is 13.2. The number of carbonyl (C=O) groups is 3. The number of fused-ring (bicyclic) bond motifs is 1. The quantitative estimate of drug-likeness (QED) is 0.719. The first-order valence-corrected chi connectivity index (χ1v) is 11.9. The van der Waals surface area contributed by atoms with Gasteiger partial charge in [-0.1, -0.05) is 44.9 Å². The van der Waals surface area contributed by atoms with E-state index in [0.29, 0.717) is 5.69 Å². The monoisotopic (exact) mass is 429 g/mol. The first kappa shape index (κ1) is 21.8. The molecule has 3 amide bonds. The average Bonchev–Trinajstić information content (AvgIpc) is 3.01. The molecule has 31 heavy (non-hydrogen) atoms. The van der Waals surface area contributed by atoms with Gasteiger partial charge in [-0.2, -0.15) is 5.10 Å². The lowest BCUT2D eigenvalue weighted by molar-refractivity contribution is -0.133. The Morgan fingerprint density at radius 1 is 0.968 bits per heavy atom. The van der Waals surface area contributed by atoms with Gasteiger partial charge in [0, 0.05) is 25.2 Å². The summed E-state index contributed by atoms with van der Waals surface area (Å²) in [4.78, 5) is 40.5. The number of aromatic nitrogens is 2. The van der Waals surface area contributed by atoms with Gasteiger partial charge in [0.2, 0.25) is 5.91 Å². The first-order valence-electron chi connectivity index (χ1n) is 11.9. The third-order valence-corrected chi connectivity index (χ3v) is 7.35. The molecule has 8 heteroatoms. The summed E-state index contributed by atoms with van der Waals surface area (Å²) in [6.07, 6.45) is 12.1. The van der Waals surface area contributed by atoms with Gasteiger partial charge in [-0.3, -0.25) is 19.1 Å². The standard InChI is InChI=1S/C23H35N5O3/c1-23(22(31)25-17-12-6-3-4-7-13-17)15-28-19(21(30)27(23)2)14-18(26-28)20(29)24-16-10-8-5-9-11-16/h14,16-17H,3-13,15H2,1-2H3,(H,24,29)(H,25,31). The van der Waals surface area contributed by atoms with Crippen LogP contribution in [0.15, 0.2) is 6.07 Å². The lowest BCUT2D eigenvalue weighted by atomic mass is 9.94. The summed E-state index contributed by atoms with van der Waals surface area (Å²) >= 11 is 0. The molecule has 0 saturated heterocycles. The Balaban J connectivity index is 1.48. The predicted octanol–water partition coefficient (Wildman–Crippen LogP) is 2.63. The Morgan fingerprint density at radius 2 is 1.52 bits per heavy atom. The molecule has 1 atom stereocenters. The number of nitrogens with one attached hydrogen (secondary N) is 2. The topological polar surface area (TPSA) is 96.3 Å². The number of likely N-dealkylation sites (N-methyl/N-ethyl adjacent to an activating group) is 1. The van der Waals surface area contributed by atoms with Crippen molar-refractivity contribution >= 4 is 17.7 Å². The van der Waals surface area contributed by atoms with Gasteiger partial charge < -0.3 is 15.5 Å². The SMILES string of the molecule is CN1C(=O)c2cc(C(=O)NC3CCCCC3)nn2CC1(C)C(=O)NC1CCCCCC1. The van der Waals surface area contributed by atoms with Gasteiger partial charge in [-0.25, -0.2) is 0 Å². The van der Waals surface area contributed by atoms with E-state index >= 15 is 0 Å². The summed E-state index contributed by atoms with van der Waals surface area (Å²) in [7, 11) is 1.66. The summed E-state index contributed by atoms with van der Waals surface area (Å²) in [6.45, 7) is 2.02. The van der Waals surface area contributed by atoms with Crippen LogP contribution < -0.4 is 10.6 Å². The van der Waals surface area contributed by atoms with Crippen LogP contribution in [-0.4, -0.2) is 57.1 Å².